The average Bonchev–Trinajstić information content (AvgIpc) is 3.45. The minimum absolute atomic E-state index is 0.233. The standard InChI is InChI=1S/C36H29BrN4O3/c1-3-33-39-31-20-17-28(37)22-30(31)35(42)41(33)38-23-27-21-32(24-11-7-5-8-12-24)40(34(27)25-13-9-6-10-14-25)29-18-15-26(16-19-29)36(43)44-4-2/h5-23H,3-4H2,1-2H3. The number of halogens is 1. The summed E-state index contributed by atoms with van der Waals surface area (Å²) in [4.78, 5) is 30.7. The van der Waals surface area contributed by atoms with Crippen LogP contribution in [0.5, 0.6) is 0 Å². The minimum Gasteiger partial charge on any atom is -0.462 e. The SMILES string of the molecule is CCOC(=O)c1ccc(-n2c(-c3ccccc3)cc(C=Nn3c(CC)nc4ccc(Br)cc4c3=O)c2-c2ccccc2)cc1. The Balaban J connectivity index is 1.58. The van der Waals surface area contributed by atoms with Crippen molar-refractivity contribution in [1.29, 1.82) is 0 Å². The molecule has 0 saturated heterocycles. The van der Waals surface area contributed by atoms with E-state index in [9.17, 15) is 9.59 Å². The van der Waals surface area contributed by atoms with E-state index in [1.54, 1.807) is 31.3 Å². The summed E-state index contributed by atoms with van der Waals surface area (Å²) in [5.41, 5.74) is 6.34. The lowest BCUT2D eigenvalue weighted by Gasteiger charge is -2.15. The van der Waals surface area contributed by atoms with Crippen LogP contribution in [0, 0.1) is 0 Å². The number of aromatic nitrogens is 3. The van der Waals surface area contributed by atoms with Gasteiger partial charge >= 0.3 is 5.97 Å². The van der Waals surface area contributed by atoms with E-state index < -0.39 is 0 Å². The number of rotatable bonds is 8. The third-order valence-electron chi connectivity index (χ3n) is 7.29. The molecule has 0 bridgehead atoms. The highest BCUT2D eigenvalue weighted by molar-refractivity contribution is 9.10. The maximum atomic E-state index is 13.6. The first-order chi connectivity index (χ1) is 21.5. The molecule has 0 fully saturated rings. The molecule has 0 saturated carbocycles. The lowest BCUT2D eigenvalue weighted by molar-refractivity contribution is 0.0526. The molecule has 0 amide bonds. The number of aryl methyl sites for hydroxylation is 1. The molecule has 7 nitrogen and oxygen atoms in total. The molecule has 8 heteroatoms. The summed E-state index contributed by atoms with van der Waals surface area (Å²) in [7, 11) is 0. The maximum Gasteiger partial charge on any atom is 0.338 e. The lowest BCUT2D eigenvalue weighted by atomic mass is 10.1. The smallest absolute Gasteiger partial charge is 0.338 e. The van der Waals surface area contributed by atoms with Crippen molar-refractivity contribution >= 4 is 39.0 Å². The van der Waals surface area contributed by atoms with Crippen molar-refractivity contribution < 1.29 is 9.53 Å². The molecule has 0 radical (unpaired) electrons. The van der Waals surface area contributed by atoms with Crippen molar-refractivity contribution in [2.24, 2.45) is 5.10 Å². The monoisotopic (exact) mass is 644 g/mol. The number of carbonyl (C=O) groups excluding carboxylic acids is 1. The fraction of sp³-hybridized carbons (Fsp3) is 0.111. The second kappa shape index (κ2) is 12.7. The molecule has 0 unspecified atom stereocenters. The van der Waals surface area contributed by atoms with Crippen LogP contribution in [0.15, 0.2) is 124 Å². The van der Waals surface area contributed by atoms with Crippen LogP contribution >= 0.6 is 15.9 Å². The first kappa shape index (κ1) is 29.0. The van der Waals surface area contributed by atoms with Gasteiger partial charge in [0, 0.05) is 22.1 Å². The van der Waals surface area contributed by atoms with Crippen molar-refractivity contribution in [3.05, 3.63) is 141 Å². The fourth-order valence-electron chi connectivity index (χ4n) is 5.23. The Morgan fingerprint density at radius 1 is 0.886 bits per heavy atom. The van der Waals surface area contributed by atoms with Gasteiger partial charge in [0.05, 0.1) is 40.7 Å². The molecule has 6 rings (SSSR count). The Bertz CT molecular complexity index is 2050. The third-order valence-corrected chi connectivity index (χ3v) is 7.78. The zero-order chi connectivity index (χ0) is 30.6. The predicted molar refractivity (Wildman–Crippen MR) is 179 cm³/mol. The molecule has 218 valence electrons. The van der Waals surface area contributed by atoms with Gasteiger partial charge in [0.25, 0.3) is 5.56 Å². The van der Waals surface area contributed by atoms with E-state index in [2.05, 4.69) is 38.7 Å². The number of benzene rings is 4. The van der Waals surface area contributed by atoms with Crippen molar-refractivity contribution in [2.45, 2.75) is 20.3 Å². The van der Waals surface area contributed by atoms with Gasteiger partial charge in [-0.3, -0.25) is 4.79 Å². The first-order valence-electron chi connectivity index (χ1n) is 14.4. The number of hydrogen-bond donors (Lipinski definition) is 0. The normalized spacial score (nSPS) is 11.3. The van der Waals surface area contributed by atoms with Crippen LogP contribution in [0.2, 0.25) is 0 Å². The van der Waals surface area contributed by atoms with Crippen LogP contribution in [0.25, 0.3) is 39.1 Å². The fourth-order valence-corrected chi connectivity index (χ4v) is 5.59. The van der Waals surface area contributed by atoms with Gasteiger partial charge in [0.2, 0.25) is 0 Å². The highest BCUT2D eigenvalue weighted by atomic mass is 79.9. The van der Waals surface area contributed by atoms with Crippen LogP contribution in [0.1, 0.15) is 35.6 Å². The van der Waals surface area contributed by atoms with Crippen LogP contribution in [-0.4, -0.2) is 33.0 Å². The molecule has 2 aromatic heterocycles. The topological polar surface area (TPSA) is 78.5 Å². The molecule has 2 heterocycles. The zero-order valence-electron chi connectivity index (χ0n) is 24.3. The average molecular weight is 646 g/mol. The molecular formula is C36H29BrN4O3. The quantitative estimate of drug-likeness (QED) is 0.125. The largest absolute Gasteiger partial charge is 0.462 e. The molecule has 0 spiro atoms. The maximum absolute atomic E-state index is 13.6. The van der Waals surface area contributed by atoms with Crippen LogP contribution in [0.4, 0.5) is 0 Å². The molecule has 0 atom stereocenters. The van der Waals surface area contributed by atoms with E-state index in [1.165, 1.54) is 4.68 Å². The number of carbonyl (C=O) groups is 1. The van der Waals surface area contributed by atoms with Crippen molar-refractivity contribution in [1.82, 2.24) is 14.2 Å². The molecule has 4 aromatic carbocycles. The Kier molecular flexibility index (Phi) is 8.34. The van der Waals surface area contributed by atoms with Crippen LogP contribution < -0.4 is 5.56 Å². The van der Waals surface area contributed by atoms with Crippen molar-refractivity contribution in [2.75, 3.05) is 6.61 Å². The summed E-state index contributed by atoms with van der Waals surface area (Å²) in [5.74, 6) is 0.207. The number of ether oxygens (including phenoxy) is 1. The third kappa shape index (κ3) is 5.64. The zero-order valence-corrected chi connectivity index (χ0v) is 25.9. The lowest BCUT2D eigenvalue weighted by Crippen LogP contribution is -2.22. The number of hydrogen-bond acceptors (Lipinski definition) is 5. The van der Waals surface area contributed by atoms with Gasteiger partial charge in [-0.15, -0.1) is 0 Å². The number of fused-ring (bicyclic) bond motifs is 1. The van der Waals surface area contributed by atoms with Crippen molar-refractivity contribution in [3.63, 3.8) is 0 Å². The van der Waals surface area contributed by atoms with E-state index in [0.29, 0.717) is 35.3 Å². The molecule has 6 aromatic rings. The highest BCUT2D eigenvalue weighted by Gasteiger charge is 2.20. The summed E-state index contributed by atoms with van der Waals surface area (Å²) in [6.45, 7) is 4.06. The summed E-state index contributed by atoms with van der Waals surface area (Å²) in [6, 6.07) is 35.1. The van der Waals surface area contributed by atoms with Crippen LogP contribution in [-0.2, 0) is 11.2 Å². The molecule has 0 N–H and O–H groups in total. The van der Waals surface area contributed by atoms with Gasteiger partial charge in [-0.1, -0.05) is 83.5 Å². The Labute approximate surface area is 263 Å². The van der Waals surface area contributed by atoms with E-state index in [0.717, 1.165) is 38.2 Å². The molecule has 0 aliphatic rings. The van der Waals surface area contributed by atoms with Gasteiger partial charge in [-0.25, -0.2) is 9.78 Å². The van der Waals surface area contributed by atoms with Crippen LogP contribution in [0.3, 0.4) is 0 Å². The van der Waals surface area contributed by atoms with Gasteiger partial charge in [0.15, 0.2) is 0 Å². The summed E-state index contributed by atoms with van der Waals surface area (Å²) < 4.78 is 9.54. The number of esters is 1. The molecule has 0 aliphatic carbocycles. The van der Waals surface area contributed by atoms with E-state index in [1.807, 2.05) is 79.7 Å². The van der Waals surface area contributed by atoms with Gasteiger partial charge in [-0.05, 0) is 66.6 Å². The highest BCUT2D eigenvalue weighted by Crippen LogP contribution is 2.35. The predicted octanol–water partition coefficient (Wildman–Crippen LogP) is 7.91. The molecule has 0 aliphatic heterocycles. The van der Waals surface area contributed by atoms with Gasteiger partial charge < -0.3 is 9.30 Å². The first-order valence-corrected chi connectivity index (χ1v) is 15.2. The Hall–Kier alpha value is -5.08. The Morgan fingerprint density at radius 2 is 1.57 bits per heavy atom. The van der Waals surface area contributed by atoms with Crippen molar-refractivity contribution in [3.8, 4) is 28.2 Å². The summed E-state index contributed by atoms with van der Waals surface area (Å²) in [5, 5.41) is 5.23. The second-order valence-corrected chi connectivity index (χ2v) is 11.0. The number of nitrogens with zero attached hydrogens (tertiary/aromatic N) is 4. The van der Waals surface area contributed by atoms with E-state index in [-0.39, 0.29) is 11.5 Å². The minimum atomic E-state index is -0.362. The summed E-state index contributed by atoms with van der Waals surface area (Å²) >= 11 is 3.47. The molecule has 44 heavy (non-hydrogen) atoms. The van der Waals surface area contributed by atoms with E-state index >= 15 is 0 Å². The Morgan fingerprint density at radius 3 is 2.23 bits per heavy atom. The van der Waals surface area contributed by atoms with Gasteiger partial charge in [0.1, 0.15) is 5.82 Å². The van der Waals surface area contributed by atoms with E-state index in [4.69, 9.17) is 14.8 Å². The summed E-state index contributed by atoms with van der Waals surface area (Å²) in [6.07, 6.45) is 2.26. The second-order valence-electron chi connectivity index (χ2n) is 10.1. The molecular weight excluding hydrogens is 616 g/mol. The van der Waals surface area contributed by atoms with Gasteiger partial charge in [-0.2, -0.15) is 9.78 Å².